The lowest BCUT2D eigenvalue weighted by molar-refractivity contribution is 0.103. The molecule has 0 amide bonds. The van der Waals surface area contributed by atoms with Crippen LogP contribution < -0.4 is 4.74 Å². The van der Waals surface area contributed by atoms with Crippen LogP contribution in [0.25, 0.3) is 0 Å². The number of rotatable bonds is 5. The van der Waals surface area contributed by atoms with E-state index in [1.807, 2.05) is 6.92 Å². The molecule has 0 unspecified atom stereocenters. The molecule has 3 nitrogen and oxygen atoms in total. The normalized spacial score (nSPS) is 10.3. The lowest BCUT2D eigenvalue weighted by Gasteiger charge is -2.05. The summed E-state index contributed by atoms with van der Waals surface area (Å²) >= 11 is 3.20. The van der Waals surface area contributed by atoms with E-state index in [9.17, 15) is 4.79 Å². The maximum atomic E-state index is 12.1. The largest absolute Gasteiger partial charge is 0.494 e. The van der Waals surface area contributed by atoms with Crippen molar-refractivity contribution in [3.63, 3.8) is 0 Å². The van der Waals surface area contributed by atoms with Gasteiger partial charge >= 0.3 is 0 Å². The molecule has 1 aromatic heterocycles. The quantitative estimate of drug-likeness (QED) is 0.782. The van der Waals surface area contributed by atoms with Crippen molar-refractivity contribution in [2.45, 2.75) is 13.3 Å². The molecule has 1 aromatic carbocycles. The van der Waals surface area contributed by atoms with Crippen molar-refractivity contribution in [2.24, 2.45) is 0 Å². The molecule has 0 radical (unpaired) electrons. The summed E-state index contributed by atoms with van der Waals surface area (Å²) in [6, 6.07) is 8.77. The summed E-state index contributed by atoms with van der Waals surface area (Å²) in [5.74, 6) is 0.706. The van der Waals surface area contributed by atoms with Crippen molar-refractivity contribution in [3.8, 4) is 5.75 Å². The zero-order chi connectivity index (χ0) is 13.0. The van der Waals surface area contributed by atoms with E-state index in [2.05, 4.69) is 15.9 Å². The highest BCUT2D eigenvalue weighted by Gasteiger charge is 2.14. The fourth-order valence-electron chi connectivity index (χ4n) is 1.53. The van der Waals surface area contributed by atoms with Crippen LogP contribution in [0.15, 0.2) is 45.7 Å². The monoisotopic (exact) mass is 308 g/mol. The molecule has 4 heteroatoms. The van der Waals surface area contributed by atoms with Gasteiger partial charge in [-0.1, -0.05) is 6.92 Å². The predicted molar refractivity (Wildman–Crippen MR) is 72.1 cm³/mol. The Morgan fingerprint density at radius 3 is 2.56 bits per heavy atom. The first-order valence-electron chi connectivity index (χ1n) is 5.73. The van der Waals surface area contributed by atoms with Gasteiger partial charge in [0.15, 0.2) is 10.5 Å². The molecule has 0 N–H and O–H groups in total. The Morgan fingerprint density at radius 1 is 1.28 bits per heavy atom. The van der Waals surface area contributed by atoms with Gasteiger partial charge in [0.05, 0.1) is 18.4 Å². The molecule has 1 heterocycles. The van der Waals surface area contributed by atoms with Gasteiger partial charge in [0, 0.05) is 5.56 Å². The lowest BCUT2D eigenvalue weighted by atomic mass is 10.1. The Morgan fingerprint density at radius 2 is 2.00 bits per heavy atom. The molecule has 94 valence electrons. The number of hydrogen-bond donors (Lipinski definition) is 0. The number of benzene rings is 1. The van der Waals surface area contributed by atoms with Crippen LogP contribution in [-0.4, -0.2) is 12.4 Å². The van der Waals surface area contributed by atoms with Gasteiger partial charge in [0.1, 0.15) is 5.75 Å². The summed E-state index contributed by atoms with van der Waals surface area (Å²) in [6.07, 6.45) is 2.44. The first-order chi connectivity index (χ1) is 8.72. The van der Waals surface area contributed by atoms with Crippen LogP contribution in [-0.2, 0) is 0 Å². The van der Waals surface area contributed by atoms with Gasteiger partial charge in [-0.25, -0.2) is 0 Å². The Bertz CT molecular complexity index is 528. The minimum Gasteiger partial charge on any atom is -0.494 e. The zero-order valence-corrected chi connectivity index (χ0v) is 11.6. The van der Waals surface area contributed by atoms with E-state index in [1.54, 1.807) is 30.3 Å². The number of furan rings is 1. The first kappa shape index (κ1) is 12.9. The van der Waals surface area contributed by atoms with Gasteiger partial charge in [0.2, 0.25) is 0 Å². The first-order valence-corrected chi connectivity index (χ1v) is 6.52. The molecule has 0 aliphatic carbocycles. The molecule has 0 aliphatic heterocycles. The Labute approximate surface area is 114 Å². The third-order valence-electron chi connectivity index (χ3n) is 2.45. The summed E-state index contributed by atoms with van der Waals surface area (Å²) in [7, 11) is 0. The number of carbonyl (C=O) groups is 1. The SMILES string of the molecule is CCCOc1ccc(C(=O)c2ccoc2Br)cc1. The number of carbonyl (C=O) groups excluding carboxylic acids is 1. The zero-order valence-electron chi connectivity index (χ0n) is 9.98. The van der Waals surface area contributed by atoms with Crippen LogP contribution in [0.4, 0.5) is 0 Å². The van der Waals surface area contributed by atoms with E-state index in [-0.39, 0.29) is 5.78 Å². The van der Waals surface area contributed by atoms with E-state index in [0.717, 1.165) is 12.2 Å². The molecule has 0 atom stereocenters. The molecule has 2 rings (SSSR count). The predicted octanol–water partition coefficient (Wildman–Crippen LogP) is 4.06. The summed E-state index contributed by atoms with van der Waals surface area (Å²) in [6.45, 7) is 2.73. The second-order valence-corrected chi connectivity index (χ2v) is 4.53. The number of ether oxygens (including phenoxy) is 1. The maximum Gasteiger partial charge on any atom is 0.197 e. The van der Waals surface area contributed by atoms with Crippen LogP contribution in [0, 0.1) is 0 Å². The molecule has 0 spiro atoms. The average Bonchev–Trinajstić information content (AvgIpc) is 2.82. The maximum absolute atomic E-state index is 12.1. The van der Waals surface area contributed by atoms with Gasteiger partial charge in [-0.2, -0.15) is 0 Å². The fourth-order valence-corrected chi connectivity index (χ4v) is 1.95. The molecule has 0 saturated carbocycles. The van der Waals surface area contributed by atoms with Gasteiger partial charge in [-0.3, -0.25) is 4.79 Å². The topological polar surface area (TPSA) is 39.4 Å². The Balaban J connectivity index is 2.15. The van der Waals surface area contributed by atoms with Crippen molar-refractivity contribution in [1.29, 1.82) is 0 Å². The molecular formula is C14H13BrO3. The van der Waals surface area contributed by atoms with Gasteiger partial charge in [-0.15, -0.1) is 0 Å². The van der Waals surface area contributed by atoms with Crippen LogP contribution >= 0.6 is 15.9 Å². The number of hydrogen-bond acceptors (Lipinski definition) is 3. The molecule has 0 bridgehead atoms. The highest BCUT2D eigenvalue weighted by Crippen LogP contribution is 2.22. The Kier molecular flexibility index (Phi) is 4.20. The summed E-state index contributed by atoms with van der Waals surface area (Å²) in [5.41, 5.74) is 1.14. The average molecular weight is 309 g/mol. The summed E-state index contributed by atoms with van der Waals surface area (Å²) in [4.78, 5) is 12.1. The van der Waals surface area contributed by atoms with E-state index < -0.39 is 0 Å². The van der Waals surface area contributed by atoms with Gasteiger partial charge < -0.3 is 9.15 Å². The summed E-state index contributed by atoms with van der Waals surface area (Å²) < 4.78 is 11.0. The van der Waals surface area contributed by atoms with E-state index in [4.69, 9.17) is 9.15 Å². The minimum absolute atomic E-state index is 0.0716. The van der Waals surface area contributed by atoms with E-state index >= 15 is 0 Å². The molecule has 0 saturated heterocycles. The van der Waals surface area contributed by atoms with Crippen LogP contribution in [0.1, 0.15) is 29.3 Å². The molecule has 18 heavy (non-hydrogen) atoms. The molecular weight excluding hydrogens is 296 g/mol. The lowest BCUT2D eigenvalue weighted by Crippen LogP contribution is -2.01. The van der Waals surface area contributed by atoms with Crippen molar-refractivity contribution in [1.82, 2.24) is 0 Å². The van der Waals surface area contributed by atoms with Gasteiger partial charge in [-0.05, 0) is 52.7 Å². The van der Waals surface area contributed by atoms with Crippen LogP contribution in [0.3, 0.4) is 0 Å². The fraction of sp³-hybridized carbons (Fsp3) is 0.214. The third kappa shape index (κ3) is 2.82. The highest BCUT2D eigenvalue weighted by atomic mass is 79.9. The molecule has 0 aliphatic rings. The molecule has 0 fully saturated rings. The van der Waals surface area contributed by atoms with Crippen molar-refractivity contribution in [2.75, 3.05) is 6.61 Å². The van der Waals surface area contributed by atoms with Crippen molar-refractivity contribution in [3.05, 3.63) is 52.4 Å². The second kappa shape index (κ2) is 5.87. The van der Waals surface area contributed by atoms with Gasteiger partial charge in [0.25, 0.3) is 0 Å². The van der Waals surface area contributed by atoms with Crippen LogP contribution in [0.5, 0.6) is 5.75 Å². The molecule has 2 aromatic rings. The Hall–Kier alpha value is -1.55. The third-order valence-corrected chi connectivity index (χ3v) is 3.07. The van der Waals surface area contributed by atoms with Crippen LogP contribution in [0.2, 0.25) is 0 Å². The van der Waals surface area contributed by atoms with Crippen molar-refractivity contribution >= 4 is 21.7 Å². The number of ketones is 1. The standard InChI is InChI=1S/C14H13BrO3/c1-2-8-17-11-5-3-10(4-6-11)13(16)12-7-9-18-14(12)15/h3-7,9H,2,8H2,1H3. The summed E-state index contributed by atoms with van der Waals surface area (Å²) in [5, 5.41) is 0. The van der Waals surface area contributed by atoms with E-state index in [1.165, 1.54) is 6.26 Å². The minimum atomic E-state index is -0.0716. The smallest absolute Gasteiger partial charge is 0.197 e. The van der Waals surface area contributed by atoms with Crippen molar-refractivity contribution < 1.29 is 13.9 Å². The highest BCUT2D eigenvalue weighted by molar-refractivity contribution is 9.10. The number of halogens is 1. The second-order valence-electron chi connectivity index (χ2n) is 3.81. The van der Waals surface area contributed by atoms with E-state index in [0.29, 0.717) is 22.4 Å².